The Morgan fingerprint density at radius 2 is 1.82 bits per heavy atom. The minimum Gasteiger partial charge on any atom is -0.454 e. The number of imide groups is 1. The van der Waals surface area contributed by atoms with E-state index in [0.29, 0.717) is 18.5 Å². The topological polar surface area (TPSA) is 108 Å². The molecule has 1 aromatic carbocycles. The molecule has 1 spiro atoms. The van der Waals surface area contributed by atoms with E-state index in [1.807, 2.05) is 31.1 Å². The third-order valence-corrected chi connectivity index (χ3v) is 5.02. The third-order valence-electron chi connectivity index (χ3n) is 5.02. The Morgan fingerprint density at radius 3 is 2.43 bits per heavy atom. The Hall–Kier alpha value is -3.10. The predicted molar refractivity (Wildman–Crippen MR) is 102 cm³/mol. The lowest BCUT2D eigenvalue weighted by atomic mass is 9.98. The number of esters is 1. The van der Waals surface area contributed by atoms with Crippen molar-refractivity contribution >= 4 is 35.2 Å². The molecule has 0 radical (unpaired) electrons. The van der Waals surface area contributed by atoms with Gasteiger partial charge in [0.05, 0.1) is 0 Å². The first kappa shape index (κ1) is 19.7. The van der Waals surface area contributed by atoms with Gasteiger partial charge in [-0.15, -0.1) is 0 Å². The van der Waals surface area contributed by atoms with Crippen molar-refractivity contribution in [3.05, 3.63) is 24.3 Å². The SMILES string of the molecule is CN(C)c1ccc(NC(=O)COC(=O)CN2C(=O)NC3(CCCC3)C2=O)cc1. The lowest BCUT2D eigenvalue weighted by Crippen LogP contribution is -2.44. The number of ether oxygens (including phenoxy) is 1. The summed E-state index contributed by atoms with van der Waals surface area (Å²) in [6.07, 6.45) is 2.89. The van der Waals surface area contributed by atoms with Gasteiger partial charge in [0, 0.05) is 25.5 Å². The molecule has 0 atom stereocenters. The van der Waals surface area contributed by atoms with Crippen LogP contribution in [0.2, 0.25) is 0 Å². The van der Waals surface area contributed by atoms with E-state index in [0.717, 1.165) is 23.4 Å². The normalized spacial score (nSPS) is 17.6. The number of carbonyl (C=O) groups excluding carboxylic acids is 4. The number of amides is 4. The average molecular weight is 388 g/mol. The third kappa shape index (κ3) is 4.08. The van der Waals surface area contributed by atoms with Crippen molar-refractivity contribution < 1.29 is 23.9 Å². The van der Waals surface area contributed by atoms with Crippen LogP contribution in [0.3, 0.4) is 0 Å². The minimum atomic E-state index is -0.868. The van der Waals surface area contributed by atoms with Crippen molar-refractivity contribution in [1.29, 1.82) is 0 Å². The average Bonchev–Trinajstić information content (AvgIpc) is 3.21. The zero-order valence-electron chi connectivity index (χ0n) is 16.0. The van der Waals surface area contributed by atoms with Gasteiger partial charge in [0.1, 0.15) is 12.1 Å². The van der Waals surface area contributed by atoms with Crippen LogP contribution in [0.1, 0.15) is 25.7 Å². The van der Waals surface area contributed by atoms with Crippen LogP contribution >= 0.6 is 0 Å². The number of nitrogens with zero attached hydrogens (tertiary/aromatic N) is 2. The number of nitrogens with one attached hydrogen (secondary N) is 2. The monoisotopic (exact) mass is 388 g/mol. The lowest BCUT2D eigenvalue weighted by Gasteiger charge is -2.19. The highest BCUT2D eigenvalue weighted by atomic mass is 16.5. The Kier molecular flexibility index (Phi) is 5.53. The van der Waals surface area contributed by atoms with Gasteiger partial charge in [-0.1, -0.05) is 12.8 Å². The second-order valence-corrected chi connectivity index (χ2v) is 7.26. The summed E-state index contributed by atoms with van der Waals surface area (Å²) in [5.74, 6) is -1.70. The Balaban J connectivity index is 1.47. The summed E-state index contributed by atoms with van der Waals surface area (Å²) in [5, 5.41) is 5.31. The molecule has 1 heterocycles. The molecule has 2 fully saturated rings. The van der Waals surface area contributed by atoms with Crippen LogP contribution < -0.4 is 15.5 Å². The molecule has 1 saturated heterocycles. The van der Waals surface area contributed by atoms with Crippen molar-refractivity contribution in [3.63, 3.8) is 0 Å². The van der Waals surface area contributed by atoms with Gasteiger partial charge in [-0.05, 0) is 37.1 Å². The summed E-state index contributed by atoms with van der Waals surface area (Å²) < 4.78 is 4.91. The van der Waals surface area contributed by atoms with Crippen molar-refractivity contribution in [2.75, 3.05) is 37.5 Å². The van der Waals surface area contributed by atoms with Crippen molar-refractivity contribution in [2.45, 2.75) is 31.2 Å². The molecule has 0 aromatic heterocycles. The van der Waals surface area contributed by atoms with E-state index in [4.69, 9.17) is 4.74 Å². The molecule has 2 N–H and O–H groups in total. The molecule has 28 heavy (non-hydrogen) atoms. The van der Waals surface area contributed by atoms with Gasteiger partial charge >= 0.3 is 12.0 Å². The maximum Gasteiger partial charge on any atom is 0.326 e. The van der Waals surface area contributed by atoms with Gasteiger partial charge in [-0.3, -0.25) is 19.3 Å². The van der Waals surface area contributed by atoms with Crippen LogP contribution in [0.5, 0.6) is 0 Å². The summed E-state index contributed by atoms with van der Waals surface area (Å²) in [6.45, 7) is -1.000. The van der Waals surface area contributed by atoms with E-state index in [9.17, 15) is 19.2 Å². The maximum atomic E-state index is 12.5. The standard InChI is InChI=1S/C19H24N4O5/c1-22(2)14-7-5-13(6-8-14)20-15(24)12-28-16(25)11-23-17(26)19(21-18(23)27)9-3-4-10-19/h5-8H,3-4,9-12H2,1-2H3,(H,20,24)(H,21,27). The minimum absolute atomic E-state index is 0.391. The van der Waals surface area contributed by atoms with E-state index in [2.05, 4.69) is 10.6 Å². The van der Waals surface area contributed by atoms with Crippen LogP contribution in [0.15, 0.2) is 24.3 Å². The van der Waals surface area contributed by atoms with Gasteiger partial charge < -0.3 is 20.3 Å². The van der Waals surface area contributed by atoms with E-state index in [1.165, 1.54) is 0 Å². The molecule has 1 saturated carbocycles. The van der Waals surface area contributed by atoms with Gasteiger partial charge in [0.2, 0.25) is 0 Å². The molecular weight excluding hydrogens is 364 g/mol. The number of benzene rings is 1. The molecule has 0 unspecified atom stereocenters. The smallest absolute Gasteiger partial charge is 0.326 e. The Bertz CT molecular complexity index is 784. The molecule has 1 aromatic rings. The van der Waals surface area contributed by atoms with Gasteiger partial charge in [0.25, 0.3) is 11.8 Å². The quantitative estimate of drug-likeness (QED) is 0.558. The molecule has 3 rings (SSSR count). The van der Waals surface area contributed by atoms with E-state index < -0.39 is 42.5 Å². The predicted octanol–water partition coefficient (Wildman–Crippen LogP) is 1.10. The molecule has 1 aliphatic heterocycles. The highest BCUT2D eigenvalue weighted by Gasteiger charge is 2.52. The largest absolute Gasteiger partial charge is 0.454 e. The summed E-state index contributed by atoms with van der Waals surface area (Å²) in [4.78, 5) is 51.3. The molecule has 1 aliphatic carbocycles. The second-order valence-electron chi connectivity index (χ2n) is 7.26. The van der Waals surface area contributed by atoms with Crippen LogP contribution in [0.25, 0.3) is 0 Å². The van der Waals surface area contributed by atoms with Crippen LogP contribution in [-0.4, -0.2) is 61.5 Å². The molecule has 0 bridgehead atoms. The number of rotatable bonds is 6. The van der Waals surface area contributed by atoms with Crippen molar-refractivity contribution in [2.24, 2.45) is 0 Å². The first-order valence-electron chi connectivity index (χ1n) is 9.18. The number of carbonyl (C=O) groups is 4. The lowest BCUT2D eigenvalue weighted by molar-refractivity contribution is -0.150. The Morgan fingerprint density at radius 1 is 1.18 bits per heavy atom. The Labute approximate surface area is 163 Å². The fourth-order valence-corrected chi connectivity index (χ4v) is 3.50. The summed E-state index contributed by atoms with van der Waals surface area (Å²) >= 11 is 0. The van der Waals surface area contributed by atoms with Gasteiger partial charge in [-0.25, -0.2) is 4.79 Å². The number of urea groups is 1. The zero-order chi connectivity index (χ0) is 20.3. The maximum absolute atomic E-state index is 12.5. The number of anilines is 2. The zero-order valence-corrected chi connectivity index (χ0v) is 16.0. The van der Waals surface area contributed by atoms with Crippen LogP contribution in [0, 0.1) is 0 Å². The fourth-order valence-electron chi connectivity index (χ4n) is 3.50. The fraction of sp³-hybridized carbons (Fsp3) is 0.474. The van der Waals surface area contributed by atoms with Crippen molar-refractivity contribution in [1.82, 2.24) is 10.2 Å². The first-order chi connectivity index (χ1) is 13.3. The van der Waals surface area contributed by atoms with Crippen LogP contribution in [-0.2, 0) is 19.1 Å². The number of hydrogen-bond acceptors (Lipinski definition) is 6. The van der Waals surface area contributed by atoms with Crippen molar-refractivity contribution in [3.8, 4) is 0 Å². The molecule has 9 nitrogen and oxygen atoms in total. The highest BCUT2D eigenvalue weighted by Crippen LogP contribution is 2.34. The second kappa shape index (κ2) is 7.87. The molecule has 9 heteroatoms. The molecule has 2 aliphatic rings. The summed E-state index contributed by atoms with van der Waals surface area (Å²) in [6, 6.07) is 6.58. The molecular formula is C19H24N4O5. The summed E-state index contributed by atoms with van der Waals surface area (Å²) in [5.41, 5.74) is 0.690. The van der Waals surface area contributed by atoms with Gasteiger partial charge in [-0.2, -0.15) is 0 Å². The van der Waals surface area contributed by atoms with E-state index in [-0.39, 0.29) is 0 Å². The number of hydrogen-bond donors (Lipinski definition) is 2. The molecule has 150 valence electrons. The first-order valence-corrected chi connectivity index (χ1v) is 9.18. The van der Waals surface area contributed by atoms with Gasteiger partial charge in [0.15, 0.2) is 6.61 Å². The highest BCUT2D eigenvalue weighted by molar-refractivity contribution is 6.09. The summed E-state index contributed by atoms with van der Waals surface area (Å²) in [7, 11) is 3.82. The van der Waals surface area contributed by atoms with Crippen LogP contribution in [0.4, 0.5) is 16.2 Å². The van der Waals surface area contributed by atoms with E-state index >= 15 is 0 Å². The molecule has 4 amide bonds. The van der Waals surface area contributed by atoms with E-state index in [1.54, 1.807) is 12.1 Å².